The van der Waals surface area contributed by atoms with Gasteiger partial charge in [-0.25, -0.2) is 0 Å². The number of carbonyl (C=O) groups is 2. The first kappa shape index (κ1) is 17.5. The van der Waals surface area contributed by atoms with Crippen molar-refractivity contribution in [2.75, 3.05) is 13.1 Å². The van der Waals surface area contributed by atoms with Gasteiger partial charge in [-0.2, -0.15) is 0 Å². The molecule has 1 saturated heterocycles. The number of hydrogen-bond acceptors (Lipinski definition) is 2. The van der Waals surface area contributed by atoms with Gasteiger partial charge in [-0.15, -0.1) is 0 Å². The van der Waals surface area contributed by atoms with Crippen LogP contribution in [0.15, 0.2) is 12.1 Å². The molecule has 0 radical (unpaired) electrons. The monoisotopic (exact) mass is 341 g/mol. The maximum absolute atomic E-state index is 13.1. The Balaban J connectivity index is 1.96. The van der Waals surface area contributed by atoms with Crippen molar-refractivity contribution in [2.45, 2.75) is 47.1 Å². The number of rotatable bonds is 3. The minimum atomic E-state index is -0.380. The number of carbonyl (C=O) groups excluding carboxylic acids is 2. The van der Waals surface area contributed by atoms with E-state index in [-0.39, 0.29) is 23.8 Å². The van der Waals surface area contributed by atoms with E-state index in [4.69, 9.17) is 0 Å². The zero-order chi connectivity index (χ0) is 18.3. The number of benzene rings is 1. The van der Waals surface area contributed by atoms with E-state index in [1.807, 2.05) is 20.8 Å². The Morgan fingerprint density at radius 3 is 2.60 bits per heavy atom. The molecular weight excluding hydrogens is 314 g/mol. The Hall–Kier alpha value is -2.30. The van der Waals surface area contributed by atoms with Gasteiger partial charge in [0.1, 0.15) is 6.04 Å². The summed E-state index contributed by atoms with van der Waals surface area (Å²) in [6.45, 7) is 11.2. The SMILES string of the molecule is Cc1[nH]c2c(C)ccc(C)c2c1CC(=O)N1CCNC(=O)[C@H]1C(C)C. The smallest absolute Gasteiger partial charge is 0.243 e. The molecule has 2 N–H and O–H groups in total. The Bertz CT molecular complexity index is 835. The average molecular weight is 341 g/mol. The minimum Gasteiger partial charge on any atom is -0.358 e. The third kappa shape index (κ3) is 3.03. The fraction of sp³-hybridized carbons (Fsp3) is 0.500. The van der Waals surface area contributed by atoms with Crippen LogP contribution in [0.3, 0.4) is 0 Å². The van der Waals surface area contributed by atoms with E-state index >= 15 is 0 Å². The second-order valence-electron chi connectivity index (χ2n) is 7.42. The maximum Gasteiger partial charge on any atom is 0.243 e. The summed E-state index contributed by atoms with van der Waals surface area (Å²) in [6, 6.07) is 3.82. The maximum atomic E-state index is 13.1. The highest BCUT2D eigenvalue weighted by Gasteiger charge is 2.35. The second kappa shape index (κ2) is 6.54. The highest BCUT2D eigenvalue weighted by molar-refractivity contribution is 5.95. The molecule has 3 rings (SSSR count). The molecule has 1 aromatic carbocycles. The molecule has 0 saturated carbocycles. The largest absolute Gasteiger partial charge is 0.358 e. The molecule has 0 unspecified atom stereocenters. The number of amides is 2. The fourth-order valence-electron chi connectivity index (χ4n) is 3.91. The lowest BCUT2D eigenvalue weighted by Gasteiger charge is -2.37. The van der Waals surface area contributed by atoms with Crippen LogP contribution in [0.25, 0.3) is 10.9 Å². The van der Waals surface area contributed by atoms with E-state index in [9.17, 15) is 9.59 Å². The summed E-state index contributed by atoms with van der Waals surface area (Å²) >= 11 is 0. The first-order valence-corrected chi connectivity index (χ1v) is 8.95. The van der Waals surface area contributed by atoms with E-state index < -0.39 is 0 Å². The van der Waals surface area contributed by atoms with Gasteiger partial charge in [0.15, 0.2) is 0 Å². The van der Waals surface area contributed by atoms with Gasteiger partial charge in [-0.3, -0.25) is 9.59 Å². The molecule has 2 aromatic rings. The van der Waals surface area contributed by atoms with Crippen molar-refractivity contribution in [1.29, 1.82) is 0 Å². The van der Waals surface area contributed by atoms with Crippen molar-refractivity contribution in [3.05, 3.63) is 34.5 Å². The van der Waals surface area contributed by atoms with Gasteiger partial charge < -0.3 is 15.2 Å². The van der Waals surface area contributed by atoms with Crippen molar-refractivity contribution in [1.82, 2.24) is 15.2 Å². The highest BCUT2D eigenvalue weighted by atomic mass is 16.2. The number of aromatic amines is 1. The number of aryl methyl sites for hydroxylation is 3. The number of nitrogens with one attached hydrogen (secondary N) is 2. The average Bonchev–Trinajstić information content (AvgIpc) is 2.88. The predicted octanol–water partition coefficient (Wildman–Crippen LogP) is 2.62. The van der Waals surface area contributed by atoms with Crippen molar-refractivity contribution in [2.24, 2.45) is 5.92 Å². The molecule has 5 heteroatoms. The van der Waals surface area contributed by atoms with Crippen molar-refractivity contribution in [3.8, 4) is 0 Å². The van der Waals surface area contributed by atoms with Gasteiger partial charge >= 0.3 is 0 Å². The summed E-state index contributed by atoms with van der Waals surface area (Å²) < 4.78 is 0. The first-order chi connectivity index (χ1) is 11.8. The van der Waals surface area contributed by atoms with E-state index in [0.717, 1.165) is 22.2 Å². The molecule has 1 aliphatic rings. The van der Waals surface area contributed by atoms with Gasteiger partial charge in [-0.05, 0) is 43.4 Å². The molecule has 2 heterocycles. The van der Waals surface area contributed by atoms with Crippen molar-refractivity contribution in [3.63, 3.8) is 0 Å². The van der Waals surface area contributed by atoms with Crippen LogP contribution in [0, 0.1) is 26.7 Å². The summed E-state index contributed by atoms with van der Waals surface area (Å²) in [5.41, 5.74) is 5.54. The number of piperazine rings is 1. The van der Waals surface area contributed by atoms with Crippen LogP contribution in [-0.4, -0.2) is 40.8 Å². The van der Waals surface area contributed by atoms with E-state index in [1.165, 1.54) is 11.1 Å². The van der Waals surface area contributed by atoms with E-state index in [1.54, 1.807) is 4.90 Å². The number of nitrogens with zero attached hydrogens (tertiary/aromatic N) is 1. The molecule has 2 amide bonds. The zero-order valence-corrected chi connectivity index (χ0v) is 15.7. The number of fused-ring (bicyclic) bond motifs is 1. The topological polar surface area (TPSA) is 65.2 Å². The molecule has 1 aliphatic heterocycles. The molecule has 5 nitrogen and oxygen atoms in total. The summed E-state index contributed by atoms with van der Waals surface area (Å²) in [7, 11) is 0. The lowest BCUT2D eigenvalue weighted by molar-refractivity contribution is -0.144. The molecule has 1 aromatic heterocycles. The van der Waals surface area contributed by atoms with E-state index in [2.05, 4.69) is 36.3 Å². The normalized spacial score (nSPS) is 18.1. The van der Waals surface area contributed by atoms with Crippen LogP contribution in [0.4, 0.5) is 0 Å². The van der Waals surface area contributed by atoms with Crippen LogP contribution >= 0.6 is 0 Å². The molecule has 134 valence electrons. The lowest BCUT2D eigenvalue weighted by Crippen LogP contribution is -2.59. The molecular formula is C20H27N3O2. The molecule has 0 aliphatic carbocycles. The van der Waals surface area contributed by atoms with Gasteiger partial charge in [0.05, 0.1) is 6.42 Å². The third-order valence-electron chi connectivity index (χ3n) is 5.23. The summed E-state index contributed by atoms with van der Waals surface area (Å²) in [5, 5.41) is 4.02. The zero-order valence-electron chi connectivity index (χ0n) is 15.7. The number of aromatic nitrogens is 1. The molecule has 1 atom stereocenters. The second-order valence-corrected chi connectivity index (χ2v) is 7.42. The number of hydrogen-bond donors (Lipinski definition) is 2. The lowest BCUT2D eigenvalue weighted by atomic mass is 9.97. The van der Waals surface area contributed by atoms with Crippen molar-refractivity contribution < 1.29 is 9.59 Å². The fourth-order valence-corrected chi connectivity index (χ4v) is 3.91. The summed E-state index contributed by atoms with van der Waals surface area (Å²) in [6.07, 6.45) is 0.326. The van der Waals surface area contributed by atoms with E-state index in [0.29, 0.717) is 19.5 Å². The van der Waals surface area contributed by atoms with Crippen molar-refractivity contribution >= 4 is 22.7 Å². The summed E-state index contributed by atoms with van der Waals surface area (Å²) in [4.78, 5) is 30.5. The van der Waals surface area contributed by atoms with Crippen LogP contribution in [0.2, 0.25) is 0 Å². The van der Waals surface area contributed by atoms with Crippen LogP contribution < -0.4 is 5.32 Å². The molecule has 1 fully saturated rings. The van der Waals surface area contributed by atoms with Crippen LogP contribution in [-0.2, 0) is 16.0 Å². The Kier molecular flexibility index (Phi) is 4.58. The molecule has 0 spiro atoms. The molecule has 25 heavy (non-hydrogen) atoms. The standard InChI is InChI=1S/C20H27N3O2/c1-11(2)19-20(25)21-8-9-23(19)16(24)10-15-14(5)22-18-13(4)7-6-12(3)17(15)18/h6-7,11,19,22H,8-10H2,1-5H3,(H,21,25)/t19-/m1/s1. The Morgan fingerprint density at radius 1 is 1.24 bits per heavy atom. The van der Waals surface area contributed by atoms with Gasteiger partial charge in [-0.1, -0.05) is 26.0 Å². The van der Waals surface area contributed by atoms with Gasteiger partial charge in [0.2, 0.25) is 11.8 Å². The number of H-pyrrole nitrogens is 1. The first-order valence-electron chi connectivity index (χ1n) is 8.95. The highest BCUT2D eigenvalue weighted by Crippen LogP contribution is 2.29. The summed E-state index contributed by atoms with van der Waals surface area (Å²) in [5.74, 6) is 0.0769. The molecule has 0 bridgehead atoms. The predicted molar refractivity (Wildman–Crippen MR) is 99.6 cm³/mol. The Morgan fingerprint density at radius 2 is 1.92 bits per heavy atom. The van der Waals surface area contributed by atoms with Gasteiger partial charge in [0.25, 0.3) is 0 Å². The quantitative estimate of drug-likeness (QED) is 0.901. The van der Waals surface area contributed by atoms with Gasteiger partial charge in [0, 0.05) is 29.7 Å². The minimum absolute atomic E-state index is 0.0263. The van der Waals surface area contributed by atoms with Crippen LogP contribution in [0.5, 0.6) is 0 Å². The van der Waals surface area contributed by atoms with Crippen LogP contribution in [0.1, 0.15) is 36.2 Å². The Labute approximate surface area is 148 Å². The third-order valence-corrected chi connectivity index (χ3v) is 5.23.